The molecule has 32 heavy (non-hydrogen) atoms. The van der Waals surface area contributed by atoms with Gasteiger partial charge in [0.2, 0.25) is 11.8 Å². The van der Waals surface area contributed by atoms with Gasteiger partial charge in [-0.15, -0.1) is 11.8 Å². The maximum absolute atomic E-state index is 13.9. The third-order valence-corrected chi connectivity index (χ3v) is 6.42. The van der Waals surface area contributed by atoms with Crippen molar-refractivity contribution in [2.24, 2.45) is 5.92 Å². The molecule has 0 bridgehead atoms. The summed E-state index contributed by atoms with van der Waals surface area (Å²) in [5.41, 5.74) is 1.25. The number of nitrogens with one attached hydrogen (secondary N) is 1. The Labute approximate surface area is 203 Å². The molecular weight excluding hydrogens is 470 g/mol. The maximum Gasteiger partial charge on any atom is 0.242 e. The quantitative estimate of drug-likeness (QED) is 0.416. The molecule has 2 aromatic carbocycles. The molecule has 2 amide bonds. The zero-order valence-electron chi connectivity index (χ0n) is 18.5. The molecule has 0 aliphatic carbocycles. The molecule has 174 valence electrons. The topological polar surface area (TPSA) is 49.4 Å². The van der Waals surface area contributed by atoms with Gasteiger partial charge in [0.25, 0.3) is 0 Å². The zero-order valence-corrected chi connectivity index (χ0v) is 20.9. The highest BCUT2D eigenvalue weighted by Crippen LogP contribution is 2.24. The summed E-state index contributed by atoms with van der Waals surface area (Å²) in [4.78, 5) is 27.6. The number of thioether (sulfide) groups is 1. The minimum atomic E-state index is -0.637. The van der Waals surface area contributed by atoms with Gasteiger partial charge in [0.15, 0.2) is 0 Å². The summed E-state index contributed by atoms with van der Waals surface area (Å²) in [6, 6.07) is 10.9. The summed E-state index contributed by atoms with van der Waals surface area (Å²) in [6.45, 7) is 6.60. The number of benzene rings is 2. The minimum absolute atomic E-state index is 0.119. The van der Waals surface area contributed by atoms with Crippen molar-refractivity contribution in [1.82, 2.24) is 10.2 Å². The molecule has 8 heteroatoms. The van der Waals surface area contributed by atoms with Crippen LogP contribution in [0.4, 0.5) is 4.39 Å². The van der Waals surface area contributed by atoms with Crippen LogP contribution in [-0.2, 0) is 21.9 Å². The van der Waals surface area contributed by atoms with Crippen LogP contribution >= 0.6 is 35.0 Å². The normalized spacial score (nSPS) is 12.0. The second-order valence-corrected chi connectivity index (χ2v) is 9.73. The molecule has 0 aliphatic heterocycles. The van der Waals surface area contributed by atoms with Crippen molar-refractivity contribution < 1.29 is 14.0 Å². The first-order valence-corrected chi connectivity index (χ1v) is 12.5. The lowest BCUT2D eigenvalue weighted by Gasteiger charge is -2.31. The summed E-state index contributed by atoms with van der Waals surface area (Å²) in [5.74, 6) is 0.0830. The second-order valence-electron chi connectivity index (χ2n) is 7.90. The number of carbonyl (C=O) groups excluding carboxylic acids is 2. The summed E-state index contributed by atoms with van der Waals surface area (Å²) in [5, 5.41) is 3.86. The monoisotopic (exact) mass is 498 g/mol. The average Bonchev–Trinajstić information content (AvgIpc) is 2.74. The average molecular weight is 499 g/mol. The molecule has 1 atom stereocenters. The van der Waals surface area contributed by atoms with Gasteiger partial charge in [0.05, 0.1) is 5.75 Å². The number of hydrogen-bond donors (Lipinski definition) is 1. The zero-order chi connectivity index (χ0) is 23.7. The molecule has 2 rings (SSSR count). The molecule has 0 aliphatic rings. The summed E-state index contributed by atoms with van der Waals surface area (Å²) in [6.07, 6.45) is 0.457. The van der Waals surface area contributed by atoms with E-state index in [0.717, 1.165) is 0 Å². The molecule has 1 N–H and O–H groups in total. The van der Waals surface area contributed by atoms with Crippen LogP contribution in [0.1, 0.15) is 38.3 Å². The van der Waals surface area contributed by atoms with Crippen LogP contribution in [0, 0.1) is 11.7 Å². The minimum Gasteiger partial charge on any atom is -0.354 e. The van der Waals surface area contributed by atoms with E-state index in [9.17, 15) is 14.0 Å². The predicted octanol–water partition coefficient (Wildman–Crippen LogP) is 5.95. The molecule has 4 nitrogen and oxygen atoms in total. The van der Waals surface area contributed by atoms with E-state index in [1.165, 1.54) is 17.8 Å². The Morgan fingerprint density at radius 2 is 1.84 bits per heavy atom. The Morgan fingerprint density at radius 1 is 1.12 bits per heavy atom. The number of hydrogen-bond acceptors (Lipinski definition) is 3. The van der Waals surface area contributed by atoms with E-state index < -0.39 is 6.04 Å². The Bertz CT molecular complexity index is 927. The fraction of sp³-hybridized carbons (Fsp3) is 0.417. The number of amides is 2. The summed E-state index contributed by atoms with van der Waals surface area (Å²) in [7, 11) is 0. The standard InChI is InChI=1S/C24H29Cl2FN2O2S/c1-4-22(24(31)28-12-16(2)3)29(13-17-9-10-19(25)11-20(17)26)23(30)15-32-14-18-7-5-6-8-21(18)27/h5-11,16,22H,4,12-15H2,1-3H3,(H,28,31)/t22-/m1/s1. The first-order chi connectivity index (χ1) is 15.2. The fourth-order valence-corrected chi connectivity index (χ4v) is 4.49. The van der Waals surface area contributed by atoms with Crippen LogP contribution in [0.2, 0.25) is 10.0 Å². The summed E-state index contributed by atoms with van der Waals surface area (Å²) >= 11 is 13.7. The van der Waals surface area contributed by atoms with Gasteiger partial charge < -0.3 is 10.2 Å². The van der Waals surface area contributed by atoms with Gasteiger partial charge in [-0.05, 0) is 41.7 Å². The van der Waals surface area contributed by atoms with Gasteiger partial charge in [-0.2, -0.15) is 0 Å². The predicted molar refractivity (Wildman–Crippen MR) is 132 cm³/mol. The highest BCUT2D eigenvalue weighted by Gasteiger charge is 2.29. The van der Waals surface area contributed by atoms with Crippen LogP contribution in [0.15, 0.2) is 42.5 Å². The third-order valence-electron chi connectivity index (χ3n) is 4.87. The summed E-state index contributed by atoms with van der Waals surface area (Å²) < 4.78 is 13.9. The Kier molecular flexibility index (Phi) is 10.8. The first-order valence-electron chi connectivity index (χ1n) is 10.5. The largest absolute Gasteiger partial charge is 0.354 e. The van der Waals surface area contributed by atoms with Crippen molar-refractivity contribution in [1.29, 1.82) is 0 Å². The Balaban J connectivity index is 2.18. The van der Waals surface area contributed by atoms with Crippen LogP contribution < -0.4 is 5.32 Å². The van der Waals surface area contributed by atoms with E-state index in [2.05, 4.69) is 5.32 Å². The Morgan fingerprint density at radius 3 is 2.47 bits per heavy atom. The van der Waals surface area contributed by atoms with Crippen LogP contribution in [0.3, 0.4) is 0 Å². The van der Waals surface area contributed by atoms with E-state index in [-0.39, 0.29) is 29.9 Å². The van der Waals surface area contributed by atoms with Crippen LogP contribution in [-0.4, -0.2) is 35.1 Å². The lowest BCUT2D eigenvalue weighted by atomic mass is 10.1. The molecule has 2 aromatic rings. The van der Waals surface area contributed by atoms with Crippen molar-refractivity contribution in [3.63, 3.8) is 0 Å². The molecule has 0 spiro atoms. The number of rotatable bonds is 11. The van der Waals surface area contributed by atoms with Gasteiger partial charge in [-0.25, -0.2) is 4.39 Å². The number of nitrogens with zero attached hydrogens (tertiary/aromatic N) is 1. The smallest absolute Gasteiger partial charge is 0.242 e. The third kappa shape index (κ3) is 7.98. The van der Waals surface area contributed by atoms with E-state index in [0.29, 0.717) is 45.8 Å². The van der Waals surface area contributed by atoms with E-state index in [4.69, 9.17) is 23.2 Å². The second kappa shape index (κ2) is 13.1. The SMILES string of the molecule is CC[C@H](C(=O)NCC(C)C)N(Cc1ccc(Cl)cc1Cl)C(=O)CSCc1ccccc1F. The van der Waals surface area contributed by atoms with Gasteiger partial charge in [-0.1, -0.05) is 68.2 Å². The van der Waals surface area contributed by atoms with Gasteiger partial charge in [0.1, 0.15) is 11.9 Å². The number of halogens is 3. The van der Waals surface area contributed by atoms with Gasteiger partial charge in [-0.3, -0.25) is 9.59 Å². The lowest BCUT2D eigenvalue weighted by Crippen LogP contribution is -2.50. The molecular formula is C24H29Cl2FN2O2S. The van der Waals surface area contributed by atoms with Gasteiger partial charge >= 0.3 is 0 Å². The van der Waals surface area contributed by atoms with E-state index in [1.54, 1.807) is 41.3 Å². The van der Waals surface area contributed by atoms with E-state index >= 15 is 0 Å². The molecule has 0 saturated carbocycles. The molecule has 0 aromatic heterocycles. The lowest BCUT2D eigenvalue weighted by molar-refractivity contribution is -0.139. The Hall–Kier alpha value is -1.76. The molecule has 0 radical (unpaired) electrons. The van der Waals surface area contributed by atoms with Crippen molar-refractivity contribution in [2.75, 3.05) is 12.3 Å². The molecule has 0 saturated heterocycles. The van der Waals surface area contributed by atoms with Crippen molar-refractivity contribution in [2.45, 2.75) is 45.5 Å². The first kappa shape index (κ1) is 26.5. The number of carbonyl (C=O) groups is 2. The van der Waals surface area contributed by atoms with E-state index in [1.807, 2.05) is 20.8 Å². The molecule has 0 fully saturated rings. The van der Waals surface area contributed by atoms with Crippen molar-refractivity contribution in [3.8, 4) is 0 Å². The van der Waals surface area contributed by atoms with Crippen molar-refractivity contribution in [3.05, 3.63) is 69.5 Å². The van der Waals surface area contributed by atoms with Gasteiger partial charge in [0, 0.05) is 28.9 Å². The van der Waals surface area contributed by atoms with Crippen LogP contribution in [0.25, 0.3) is 0 Å². The molecule has 0 unspecified atom stereocenters. The van der Waals surface area contributed by atoms with Crippen LogP contribution in [0.5, 0.6) is 0 Å². The van der Waals surface area contributed by atoms with Crippen molar-refractivity contribution >= 4 is 46.8 Å². The highest BCUT2D eigenvalue weighted by atomic mass is 35.5. The fourth-order valence-electron chi connectivity index (χ4n) is 3.12. The maximum atomic E-state index is 13.9. The highest BCUT2D eigenvalue weighted by molar-refractivity contribution is 7.99. The molecule has 0 heterocycles.